The van der Waals surface area contributed by atoms with Crippen LogP contribution in [0.5, 0.6) is 0 Å². The fraction of sp³-hybridized carbons (Fsp3) is 0.0741. The van der Waals surface area contributed by atoms with E-state index in [2.05, 4.69) is 15.7 Å². The number of nitrogens with zero attached hydrogens (tertiary/aromatic N) is 2. The van der Waals surface area contributed by atoms with Gasteiger partial charge in [-0.15, -0.1) is 11.8 Å². The molecular formula is C27H22N4O5S. The second kappa shape index (κ2) is 11.8. The van der Waals surface area contributed by atoms with E-state index in [0.29, 0.717) is 11.4 Å². The number of thioether (sulfide) groups is 1. The maximum Gasteiger partial charge on any atom is 0.328 e. The van der Waals surface area contributed by atoms with Gasteiger partial charge >= 0.3 is 5.97 Å². The molecule has 3 aromatic rings. The van der Waals surface area contributed by atoms with E-state index in [9.17, 15) is 19.2 Å². The number of amides is 3. The van der Waals surface area contributed by atoms with Gasteiger partial charge in [0, 0.05) is 22.7 Å². The lowest BCUT2D eigenvalue weighted by Crippen LogP contribution is -2.33. The third-order valence-corrected chi connectivity index (χ3v) is 6.40. The molecule has 1 aliphatic heterocycles. The van der Waals surface area contributed by atoms with Crippen molar-refractivity contribution in [2.24, 2.45) is 5.10 Å². The van der Waals surface area contributed by atoms with Crippen LogP contribution in [0.2, 0.25) is 0 Å². The van der Waals surface area contributed by atoms with Crippen molar-refractivity contribution in [3.8, 4) is 0 Å². The molecule has 0 spiro atoms. The molecule has 0 radical (unpaired) electrons. The van der Waals surface area contributed by atoms with Crippen molar-refractivity contribution < 1.29 is 24.3 Å². The van der Waals surface area contributed by atoms with Crippen LogP contribution in [0.3, 0.4) is 0 Å². The fourth-order valence-electron chi connectivity index (χ4n) is 3.46. The van der Waals surface area contributed by atoms with E-state index in [1.54, 1.807) is 48.5 Å². The quantitative estimate of drug-likeness (QED) is 0.308. The largest absolute Gasteiger partial charge is 0.478 e. The standard InChI is InChI=1S/C27H22N4O5S/c32-23(15-16-25(34)35)28-19-11-13-21(14-12-19)37-26(18-7-3-1-4-8-18)27(36)29-22-17-24(33)31(30-22)20-9-5-2-6-10-20/h1-16,26H,17H2,(H,28,32)(H,34,35)(H,29,30,36)/b16-15+. The predicted molar refractivity (Wildman–Crippen MR) is 141 cm³/mol. The lowest BCUT2D eigenvalue weighted by atomic mass is 10.1. The zero-order valence-corrected chi connectivity index (χ0v) is 20.2. The first-order valence-corrected chi connectivity index (χ1v) is 12.1. The van der Waals surface area contributed by atoms with Gasteiger partial charge in [-0.2, -0.15) is 10.1 Å². The molecule has 0 saturated carbocycles. The van der Waals surface area contributed by atoms with Gasteiger partial charge in [-0.05, 0) is 42.0 Å². The molecule has 37 heavy (non-hydrogen) atoms. The molecule has 1 aliphatic rings. The summed E-state index contributed by atoms with van der Waals surface area (Å²) >= 11 is 1.30. The number of nitrogens with one attached hydrogen (secondary N) is 2. The van der Waals surface area contributed by atoms with Crippen LogP contribution < -0.4 is 15.6 Å². The lowest BCUT2D eigenvalue weighted by Gasteiger charge is -2.17. The number of anilines is 2. The average molecular weight is 515 g/mol. The number of carboxylic acid groups (broad SMARTS) is 1. The zero-order valence-electron chi connectivity index (χ0n) is 19.4. The molecule has 10 heteroatoms. The highest BCUT2D eigenvalue weighted by Gasteiger charge is 2.29. The third-order valence-electron chi connectivity index (χ3n) is 5.14. The monoisotopic (exact) mass is 514 g/mol. The molecule has 0 bridgehead atoms. The Bertz CT molecular complexity index is 1360. The van der Waals surface area contributed by atoms with E-state index in [1.807, 2.05) is 36.4 Å². The van der Waals surface area contributed by atoms with E-state index in [4.69, 9.17) is 5.11 Å². The van der Waals surface area contributed by atoms with Gasteiger partial charge in [0.15, 0.2) is 0 Å². The van der Waals surface area contributed by atoms with Gasteiger partial charge in [0.1, 0.15) is 11.1 Å². The molecule has 0 aromatic heterocycles. The number of para-hydroxylation sites is 1. The number of hydrogen-bond acceptors (Lipinski definition) is 6. The second-order valence-electron chi connectivity index (χ2n) is 7.85. The SMILES string of the molecule is O=C(O)/C=C/C(=O)Nc1ccc(SC(C(=O)NC2=NN(c3ccccc3)C(=O)C2)c2ccccc2)cc1. The predicted octanol–water partition coefficient (Wildman–Crippen LogP) is 3.97. The van der Waals surface area contributed by atoms with Gasteiger partial charge in [0.25, 0.3) is 5.91 Å². The molecule has 3 aromatic carbocycles. The summed E-state index contributed by atoms with van der Waals surface area (Å²) in [5, 5.41) is 18.9. The summed E-state index contributed by atoms with van der Waals surface area (Å²) in [6.07, 6.45) is 1.66. The number of amidine groups is 1. The van der Waals surface area contributed by atoms with Crippen LogP contribution in [-0.2, 0) is 19.2 Å². The number of carbonyl (C=O) groups excluding carboxylic acids is 3. The summed E-state index contributed by atoms with van der Waals surface area (Å²) in [4.78, 5) is 48.9. The minimum Gasteiger partial charge on any atom is -0.478 e. The topological polar surface area (TPSA) is 128 Å². The van der Waals surface area contributed by atoms with E-state index in [1.165, 1.54) is 16.8 Å². The summed E-state index contributed by atoms with van der Waals surface area (Å²) in [6.45, 7) is 0. The van der Waals surface area contributed by atoms with E-state index >= 15 is 0 Å². The molecule has 3 N–H and O–H groups in total. The number of carbonyl (C=O) groups is 4. The first-order chi connectivity index (χ1) is 17.9. The molecule has 4 rings (SSSR count). The van der Waals surface area contributed by atoms with E-state index < -0.39 is 17.1 Å². The van der Waals surface area contributed by atoms with Crippen LogP contribution >= 0.6 is 11.8 Å². The number of aliphatic carboxylic acids is 1. The van der Waals surface area contributed by atoms with Crippen molar-refractivity contribution in [2.45, 2.75) is 16.6 Å². The van der Waals surface area contributed by atoms with Gasteiger partial charge in [0.05, 0.1) is 12.1 Å². The van der Waals surface area contributed by atoms with Crippen LogP contribution in [0.25, 0.3) is 0 Å². The minimum absolute atomic E-state index is 0.0163. The Hall–Kier alpha value is -4.70. The second-order valence-corrected chi connectivity index (χ2v) is 9.03. The summed E-state index contributed by atoms with van der Waals surface area (Å²) in [6, 6.07) is 25.0. The van der Waals surface area contributed by atoms with Gasteiger partial charge in [-0.1, -0.05) is 48.5 Å². The smallest absolute Gasteiger partial charge is 0.328 e. The highest BCUT2D eigenvalue weighted by atomic mass is 32.2. The Labute approximate surface area is 216 Å². The number of carboxylic acids is 1. The van der Waals surface area contributed by atoms with Crippen molar-refractivity contribution in [2.75, 3.05) is 10.3 Å². The molecule has 1 heterocycles. The zero-order chi connectivity index (χ0) is 26.2. The van der Waals surface area contributed by atoms with Crippen molar-refractivity contribution in [1.29, 1.82) is 0 Å². The van der Waals surface area contributed by atoms with Crippen molar-refractivity contribution in [1.82, 2.24) is 5.32 Å². The van der Waals surface area contributed by atoms with Crippen LogP contribution in [0, 0.1) is 0 Å². The number of hydrazone groups is 1. The van der Waals surface area contributed by atoms with Crippen molar-refractivity contribution >= 4 is 52.7 Å². The fourth-order valence-corrected chi connectivity index (χ4v) is 4.49. The van der Waals surface area contributed by atoms with E-state index in [0.717, 1.165) is 22.6 Å². The maximum atomic E-state index is 13.3. The Morgan fingerprint density at radius 2 is 1.54 bits per heavy atom. The molecule has 3 amide bonds. The van der Waals surface area contributed by atoms with Gasteiger partial charge in [-0.25, -0.2) is 4.79 Å². The van der Waals surface area contributed by atoms with Crippen LogP contribution in [0.4, 0.5) is 11.4 Å². The Morgan fingerprint density at radius 1 is 0.892 bits per heavy atom. The van der Waals surface area contributed by atoms with Crippen molar-refractivity contribution in [3.05, 3.63) is 103 Å². The summed E-state index contributed by atoms with van der Waals surface area (Å²) in [7, 11) is 0. The number of rotatable bonds is 8. The maximum absolute atomic E-state index is 13.3. The van der Waals surface area contributed by atoms with Crippen molar-refractivity contribution in [3.63, 3.8) is 0 Å². The highest BCUT2D eigenvalue weighted by molar-refractivity contribution is 8.00. The normalized spacial score (nSPS) is 13.8. The lowest BCUT2D eigenvalue weighted by molar-refractivity contribution is -0.131. The van der Waals surface area contributed by atoms with Crippen LogP contribution in [0.15, 0.2) is 107 Å². The molecule has 1 atom stereocenters. The molecule has 186 valence electrons. The molecule has 1 unspecified atom stereocenters. The van der Waals surface area contributed by atoms with Gasteiger partial charge in [-0.3, -0.25) is 14.4 Å². The third kappa shape index (κ3) is 6.92. The van der Waals surface area contributed by atoms with Gasteiger partial charge in [0.2, 0.25) is 11.8 Å². The Kier molecular flexibility index (Phi) is 8.11. The Morgan fingerprint density at radius 3 is 2.19 bits per heavy atom. The first-order valence-electron chi connectivity index (χ1n) is 11.2. The minimum atomic E-state index is -1.21. The van der Waals surface area contributed by atoms with E-state index in [-0.39, 0.29) is 24.1 Å². The average Bonchev–Trinajstić information content (AvgIpc) is 3.27. The van der Waals surface area contributed by atoms with Gasteiger partial charge < -0.3 is 15.7 Å². The molecule has 0 aliphatic carbocycles. The number of hydrogen-bond donors (Lipinski definition) is 3. The van der Waals surface area contributed by atoms with Crippen LogP contribution in [0.1, 0.15) is 17.2 Å². The van der Waals surface area contributed by atoms with Crippen LogP contribution in [-0.4, -0.2) is 34.6 Å². The molecule has 0 fully saturated rings. The highest BCUT2D eigenvalue weighted by Crippen LogP contribution is 2.36. The molecular weight excluding hydrogens is 492 g/mol. The first kappa shape index (κ1) is 25.4. The summed E-state index contributed by atoms with van der Waals surface area (Å²) in [5.74, 6) is -2.07. The molecule has 0 saturated heterocycles. The molecule has 9 nitrogen and oxygen atoms in total. The summed E-state index contributed by atoms with van der Waals surface area (Å²) < 4.78 is 0. The Balaban J connectivity index is 1.47. The summed E-state index contributed by atoms with van der Waals surface area (Å²) in [5.41, 5.74) is 1.87. The number of benzene rings is 3.